The number of rotatable bonds is 12. The molecule has 1 N–H and O–H groups in total. The first kappa shape index (κ1) is 28.5. The Hall–Kier alpha value is -3.12. The highest BCUT2D eigenvalue weighted by Gasteiger charge is 2.31. The first-order chi connectivity index (χ1) is 17.8. The van der Waals surface area contributed by atoms with Crippen molar-refractivity contribution >= 4 is 23.6 Å². The number of nitrogens with zero attached hydrogens (tertiary/aromatic N) is 1. The van der Waals surface area contributed by atoms with E-state index in [1.807, 2.05) is 44.2 Å². The molecule has 0 fully saturated rings. The summed E-state index contributed by atoms with van der Waals surface area (Å²) in [6, 6.07) is 21.7. The second-order valence-corrected chi connectivity index (χ2v) is 10.6. The predicted octanol–water partition coefficient (Wildman–Crippen LogP) is 6.23. The van der Waals surface area contributed by atoms with Crippen molar-refractivity contribution in [3.63, 3.8) is 0 Å². The monoisotopic (exact) mass is 520 g/mol. The highest BCUT2D eigenvalue weighted by Crippen LogP contribution is 2.21. The molecular weight excluding hydrogens is 483 g/mol. The van der Waals surface area contributed by atoms with E-state index in [2.05, 4.69) is 37.4 Å². The van der Waals surface area contributed by atoms with Crippen LogP contribution in [0.1, 0.15) is 48.1 Å². The van der Waals surface area contributed by atoms with Gasteiger partial charge in [0.2, 0.25) is 11.8 Å². The van der Waals surface area contributed by atoms with Crippen molar-refractivity contribution in [1.29, 1.82) is 0 Å². The molecular formula is C31H37FN2O2S. The van der Waals surface area contributed by atoms with Gasteiger partial charge in [-0.1, -0.05) is 84.8 Å². The lowest BCUT2D eigenvalue weighted by Crippen LogP contribution is -2.52. The summed E-state index contributed by atoms with van der Waals surface area (Å²) >= 11 is 1.51. The molecule has 37 heavy (non-hydrogen) atoms. The van der Waals surface area contributed by atoms with Crippen LogP contribution in [0.4, 0.5) is 4.39 Å². The highest BCUT2D eigenvalue weighted by molar-refractivity contribution is 7.99. The summed E-state index contributed by atoms with van der Waals surface area (Å²) in [7, 11) is 0. The topological polar surface area (TPSA) is 49.4 Å². The summed E-state index contributed by atoms with van der Waals surface area (Å²) in [6.45, 7) is 8.10. The minimum atomic E-state index is -0.759. The Morgan fingerprint density at radius 1 is 0.946 bits per heavy atom. The summed E-state index contributed by atoms with van der Waals surface area (Å²) in [5.74, 6) is 0.0946. The number of aryl methyl sites for hydroxylation is 2. The maximum atomic E-state index is 14.7. The van der Waals surface area contributed by atoms with Crippen LogP contribution in [0, 0.1) is 19.7 Å². The molecule has 0 heterocycles. The van der Waals surface area contributed by atoms with Crippen molar-refractivity contribution in [2.75, 3.05) is 5.75 Å². The molecule has 6 heteroatoms. The second kappa shape index (κ2) is 14.0. The van der Waals surface area contributed by atoms with Gasteiger partial charge in [-0.3, -0.25) is 9.59 Å². The van der Waals surface area contributed by atoms with Crippen LogP contribution in [0.3, 0.4) is 0 Å². The number of nitrogens with one attached hydrogen (secondary N) is 1. The first-order valence-electron chi connectivity index (χ1n) is 12.8. The minimum absolute atomic E-state index is 0.0288. The smallest absolute Gasteiger partial charge is 0.243 e. The summed E-state index contributed by atoms with van der Waals surface area (Å²) in [5.41, 5.74) is 4.87. The van der Waals surface area contributed by atoms with Crippen LogP contribution < -0.4 is 5.32 Å². The molecule has 2 atom stereocenters. The Balaban J connectivity index is 1.87. The van der Waals surface area contributed by atoms with Crippen LogP contribution in [0.5, 0.6) is 0 Å². The van der Waals surface area contributed by atoms with Crippen molar-refractivity contribution < 1.29 is 14.0 Å². The van der Waals surface area contributed by atoms with Crippen molar-refractivity contribution in [1.82, 2.24) is 10.2 Å². The van der Waals surface area contributed by atoms with Crippen molar-refractivity contribution in [3.8, 4) is 0 Å². The van der Waals surface area contributed by atoms with E-state index in [1.54, 1.807) is 23.1 Å². The summed E-state index contributed by atoms with van der Waals surface area (Å²) in [5, 5.41) is 3.05. The average Bonchev–Trinajstić information content (AvgIpc) is 2.87. The minimum Gasteiger partial charge on any atom is -0.352 e. The van der Waals surface area contributed by atoms with Crippen LogP contribution >= 0.6 is 11.8 Å². The summed E-state index contributed by atoms with van der Waals surface area (Å²) in [4.78, 5) is 28.7. The molecule has 0 bridgehead atoms. The van der Waals surface area contributed by atoms with Crippen LogP contribution in [0.15, 0.2) is 72.8 Å². The Morgan fingerprint density at radius 3 is 2.24 bits per heavy atom. The molecule has 0 aliphatic rings. The third kappa shape index (κ3) is 8.74. The van der Waals surface area contributed by atoms with Gasteiger partial charge in [0.05, 0.1) is 5.75 Å². The Morgan fingerprint density at radius 2 is 1.59 bits per heavy atom. The van der Waals surface area contributed by atoms with E-state index in [1.165, 1.54) is 29.0 Å². The van der Waals surface area contributed by atoms with Gasteiger partial charge in [0.25, 0.3) is 0 Å². The molecule has 196 valence electrons. The second-order valence-electron chi connectivity index (χ2n) is 9.63. The van der Waals surface area contributed by atoms with Gasteiger partial charge in [-0.15, -0.1) is 11.8 Å². The zero-order valence-corrected chi connectivity index (χ0v) is 23.0. The predicted molar refractivity (Wildman–Crippen MR) is 151 cm³/mol. The molecule has 0 radical (unpaired) electrons. The number of thioether (sulfide) groups is 1. The third-order valence-corrected chi connectivity index (χ3v) is 7.33. The molecule has 0 aromatic heterocycles. The highest BCUT2D eigenvalue weighted by atomic mass is 32.2. The molecule has 4 nitrogen and oxygen atoms in total. The van der Waals surface area contributed by atoms with E-state index in [-0.39, 0.29) is 36.0 Å². The van der Waals surface area contributed by atoms with Gasteiger partial charge < -0.3 is 10.2 Å². The maximum absolute atomic E-state index is 14.7. The van der Waals surface area contributed by atoms with Gasteiger partial charge in [-0.2, -0.15) is 0 Å². The van der Waals surface area contributed by atoms with Gasteiger partial charge in [0.15, 0.2) is 0 Å². The Labute approximate surface area is 224 Å². The Bertz CT molecular complexity index is 1160. The third-order valence-electron chi connectivity index (χ3n) is 6.35. The Kier molecular flexibility index (Phi) is 10.8. The van der Waals surface area contributed by atoms with Crippen LogP contribution in [-0.4, -0.2) is 34.6 Å². The number of halogens is 1. The lowest BCUT2D eigenvalue weighted by molar-refractivity contribution is -0.139. The van der Waals surface area contributed by atoms with Crippen molar-refractivity contribution in [2.45, 2.75) is 64.9 Å². The van der Waals surface area contributed by atoms with Crippen molar-refractivity contribution in [3.05, 3.63) is 106 Å². The number of carbonyl (C=O) groups is 2. The van der Waals surface area contributed by atoms with Gasteiger partial charge in [-0.25, -0.2) is 4.39 Å². The van der Waals surface area contributed by atoms with E-state index in [4.69, 9.17) is 0 Å². The number of hydrogen-bond donors (Lipinski definition) is 1. The molecule has 2 amide bonds. The fourth-order valence-electron chi connectivity index (χ4n) is 4.30. The van der Waals surface area contributed by atoms with E-state index >= 15 is 0 Å². The van der Waals surface area contributed by atoms with E-state index in [0.29, 0.717) is 17.7 Å². The van der Waals surface area contributed by atoms with Crippen molar-refractivity contribution in [2.24, 2.45) is 0 Å². The molecule has 3 rings (SSSR count). The number of benzene rings is 3. The number of carbonyl (C=O) groups excluding carboxylic acids is 2. The van der Waals surface area contributed by atoms with E-state index in [9.17, 15) is 14.0 Å². The molecule has 0 spiro atoms. The number of amides is 2. The van der Waals surface area contributed by atoms with E-state index < -0.39 is 6.04 Å². The number of hydrogen-bond acceptors (Lipinski definition) is 3. The molecule has 3 aromatic carbocycles. The summed E-state index contributed by atoms with van der Waals surface area (Å²) < 4.78 is 14.7. The SMILES string of the molecule is CC[C@H](C)NC(=O)[C@@H](Cc1ccccc1)N(Cc1ccccc1F)C(=O)CSCc1cc(C)cc(C)c1. The van der Waals surface area contributed by atoms with Gasteiger partial charge in [-0.05, 0) is 44.4 Å². The average molecular weight is 521 g/mol. The first-order valence-corrected chi connectivity index (χ1v) is 13.9. The fourth-order valence-corrected chi connectivity index (χ4v) is 5.14. The van der Waals surface area contributed by atoms with Crippen LogP contribution in [0.25, 0.3) is 0 Å². The van der Waals surface area contributed by atoms with Gasteiger partial charge >= 0.3 is 0 Å². The lowest BCUT2D eigenvalue weighted by Gasteiger charge is -2.32. The maximum Gasteiger partial charge on any atom is 0.243 e. The largest absolute Gasteiger partial charge is 0.352 e. The summed E-state index contributed by atoms with van der Waals surface area (Å²) in [6.07, 6.45) is 1.13. The fraction of sp³-hybridized carbons (Fsp3) is 0.355. The molecule has 3 aromatic rings. The molecule has 0 aliphatic heterocycles. The van der Waals surface area contributed by atoms with E-state index in [0.717, 1.165) is 17.5 Å². The van der Waals surface area contributed by atoms with Gasteiger partial charge in [0.1, 0.15) is 11.9 Å². The quantitative estimate of drug-likeness (QED) is 0.308. The lowest BCUT2D eigenvalue weighted by atomic mass is 10.0. The standard InChI is InChI=1S/C31H37FN2O2S/c1-5-24(4)33-31(36)29(18-25-11-7-6-8-12-25)34(19-27-13-9-10-14-28(27)32)30(35)21-37-20-26-16-22(2)15-23(3)17-26/h6-17,24,29H,5,18-21H2,1-4H3,(H,33,36)/t24-,29+/m0/s1. The van der Waals surface area contributed by atoms with Crippen LogP contribution in [0.2, 0.25) is 0 Å². The molecule has 0 unspecified atom stereocenters. The molecule has 0 saturated heterocycles. The van der Waals surface area contributed by atoms with Crippen LogP contribution in [-0.2, 0) is 28.3 Å². The van der Waals surface area contributed by atoms with Gasteiger partial charge in [0, 0.05) is 30.3 Å². The molecule has 0 aliphatic carbocycles. The zero-order valence-electron chi connectivity index (χ0n) is 22.2. The normalized spacial score (nSPS) is 12.6. The molecule has 0 saturated carbocycles. The zero-order chi connectivity index (χ0) is 26.8.